The molecule has 0 aliphatic carbocycles. The Morgan fingerprint density at radius 3 is 1.91 bits per heavy atom. The molecular formula is C23H40N4O4S. The van der Waals surface area contributed by atoms with Gasteiger partial charge in [-0.25, -0.2) is 13.2 Å². The average Bonchev–Trinajstić information content (AvgIpc) is 2.71. The molecule has 0 atom stereocenters. The Morgan fingerprint density at radius 1 is 0.906 bits per heavy atom. The predicted octanol–water partition coefficient (Wildman–Crippen LogP) is 2.71. The lowest BCUT2D eigenvalue weighted by Gasteiger charge is -2.55. The fraction of sp³-hybridized carbons (Fsp3) is 0.826. The summed E-state index contributed by atoms with van der Waals surface area (Å²) in [6.07, 6.45) is 6.52. The van der Waals surface area contributed by atoms with Crippen molar-refractivity contribution in [1.82, 2.24) is 19.4 Å². The van der Waals surface area contributed by atoms with Gasteiger partial charge in [0.25, 0.3) is 0 Å². The lowest BCUT2D eigenvalue weighted by atomic mass is 9.79. The monoisotopic (exact) mass is 468 g/mol. The van der Waals surface area contributed by atoms with E-state index in [-0.39, 0.29) is 18.0 Å². The molecule has 0 aromatic carbocycles. The first-order valence-electron chi connectivity index (χ1n) is 11.9. The second-order valence-corrected chi connectivity index (χ2v) is 12.8. The van der Waals surface area contributed by atoms with Crippen LogP contribution in [0.4, 0.5) is 4.79 Å². The maximum Gasteiger partial charge on any atom is 0.319 e. The van der Waals surface area contributed by atoms with Crippen molar-refractivity contribution in [3.8, 4) is 0 Å². The molecule has 8 nitrogen and oxygen atoms in total. The third-order valence-corrected chi connectivity index (χ3v) is 9.95. The van der Waals surface area contributed by atoms with Gasteiger partial charge >= 0.3 is 6.03 Å². The molecule has 0 aromatic heterocycles. The molecule has 0 aromatic rings. The molecule has 1 N–H and O–H groups in total. The van der Waals surface area contributed by atoms with E-state index >= 15 is 0 Å². The van der Waals surface area contributed by atoms with Gasteiger partial charge in [0.2, 0.25) is 15.9 Å². The van der Waals surface area contributed by atoms with Crippen molar-refractivity contribution in [1.29, 1.82) is 0 Å². The van der Waals surface area contributed by atoms with Crippen molar-refractivity contribution < 1.29 is 18.0 Å². The van der Waals surface area contributed by atoms with Gasteiger partial charge in [-0.15, -0.1) is 0 Å². The zero-order chi connectivity index (χ0) is 23.7. The van der Waals surface area contributed by atoms with E-state index in [1.807, 2.05) is 37.5 Å². The molecule has 9 heteroatoms. The molecule has 32 heavy (non-hydrogen) atoms. The highest BCUT2D eigenvalue weighted by molar-refractivity contribution is 7.89. The van der Waals surface area contributed by atoms with Crippen LogP contribution >= 0.6 is 0 Å². The van der Waals surface area contributed by atoms with Gasteiger partial charge < -0.3 is 15.1 Å². The topological polar surface area (TPSA) is 90.0 Å². The van der Waals surface area contributed by atoms with E-state index < -0.39 is 26.4 Å². The minimum absolute atomic E-state index is 0.0555. The van der Waals surface area contributed by atoms with Gasteiger partial charge in [0.1, 0.15) is 0 Å². The SMILES string of the molecule is C=CC(=O)NC1CC(C)(C)N(S(=O)(=O)C2CCN(C(=O)N3CCCCC3)CC2)C(C)(C)C1. The number of piperidine rings is 3. The third kappa shape index (κ3) is 5.14. The molecule has 3 saturated heterocycles. The number of likely N-dealkylation sites (tertiary alicyclic amines) is 2. The number of hydrogen-bond acceptors (Lipinski definition) is 4. The number of urea groups is 1. The van der Waals surface area contributed by atoms with Crippen LogP contribution in [0, 0.1) is 0 Å². The maximum absolute atomic E-state index is 13.8. The number of hydrogen-bond donors (Lipinski definition) is 1. The highest BCUT2D eigenvalue weighted by atomic mass is 32.2. The van der Waals surface area contributed by atoms with Crippen molar-refractivity contribution in [3.05, 3.63) is 12.7 Å². The summed E-state index contributed by atoms with van der Waals surface area (Å²) in [6.45, 7) is 13.8. The van der Waals surface area contributed by atoms with Gasteiger partial charge in [0.15, 0.2) is 0 Å². The van der Waals surface area contributed by atoms with Crippen LogP contribution in [0.1, 0.15) is 72.6 Å². The van der Waals surface area contributed by atoms with Gasteiger partial charge in [-0.2, -0.15) is 4.31 Å². The average molecular weight is 469 g/mol. The molecule has 0 saturated carbocycles. The largest absolute Gasteiger partial charge is 0.350 e. The molecule has 0 unspecified atom stereocenters. The third-order valence-electron chi connectivity index (χ3n) is 7.14. The molecule has 0 radical (unpaired) electrons. The first-order valence-corrected chi connectivity index (χ1v) is 13.4. The Kier molecular flexibility index (Phi) is 7.29. The van der Waals surface area contributed by atoms with Gasteiger partial charge in [-0.05, 0) is 78.7 Å². The van der Waals surface area contributed by atoms with Gasteiger partial charge in [-0.3, -0.25) is 4.79 Å². The van der Waals surface area contributed by atoms with Crippen LogP contribution in [0.5, 0.6) is 0 Å². The van der Waals surface area contributed by atoms with Crippen LogP contribution in [0.15, 0.2) is 12.7 Å². The van der Waals surface area contributed by atoms with E-state index in [1.54, 1.807) is 4.31 Å². The standard InChI is InChI=1S/C23H40N4O4S/c1-6-20(28)24-18-16-22(2,3)27(23(4,5)17-18)32(30,31)19-10-14-26(15-11-19)21(29)25-12-8-7-9-13-25/h6,18-19H,1,7-17H2,2-5H3,(H,24,28). The van der Waals surface area contributed by atoms with Crippen molar-refractivity contribution in [2.24, 2.45) is 0 Å². The minimum atomic E-state index is -3.58. The maximum atomic E-state index is 13.8. The first-order chi connectivity index (χ1) is 14.9. The Balaban J connectivity index is 1.69. The summed E-state index contributed by atoms with van der Waals surface area (Å²) in [5, 5.41) is 2.46. The summed E-state index contributed by atoms with van der Waals surface area (Å²) in [6, 6.07) is -0.0547. The molecule has 3 heterocycles. The van der Waals surface area contributed by atoms with E-state index in [9.17, 15) is 18.0 Å². The van der Waals surface area contributed by atoms with E-state index in [1.165, 1.54) is 12.5 Å². The van der Waals surface area contributed by atoms with Crippen molar-refractivity contribution in [2.45, 2.75) is 95.0 Å². The summed E-state index contributed by atoms with van der Waals surface area (Å²) in [5.74, 6) is -0.233. The Bertz CT molecular complexity index is 807. The summed E-state index contributed by atoms with van der Waals surface area (Å²) in [5.41, 5.74) is -1.28. The van der Waals surface area contributed by atoms with Crippen LogP contribution in [-0.4, -0.2) is 83.0 Å². The first kappa shape index (κ1) is 25.0. The smallest absolute Gasteiger partial charge is 0.319 e. The molecule has 3 aliphatic rings. The Hall–Kier alpha value is -1.61. The normalized spacial score (nSPS) is 25.4. The van der Waals surface area contributed by atoms with Crippen LogP contribution in [0.2, 0.25) is 0 Å². The molecule has 0 spiro atoms. The van der Waals surface area contributed by atoms with E-state index in [0.717, 1.165) is 25.9 Å². The number of sulfonamides is 1. The van der Waals surface area contributed by atoms with Crippen LogP contribution < -0.4 is 5.32 Å². The lowest BCUT2D eigenvalue weighted by molar-refractivity contribution is -0.118. The Morgan fingerprint density at radius 2 is 1.41 bits per heavy atom. The quantitative estimate of drug-likeness (QED) is 0.643. The molecule has 182 valence electrons. The zero-order valence-electron chi connectivity index (χ0n) is 20.1. The second-order valence-electron chi connectivity index (χ2n) is 10.8. The number of carbonyl (C=O) groups excluding carboxylic acids is 2. The number of nitrogens with one attached hydrogen (secondary N) is 1. The van der Waals surface area contributed by atoms with E-state index in [4.69, 9.17) is 0 Å². The Labute approximate surface area is 193 Å². The molecule has 3 aliphatic heterocycles. The highest BCUT2D eigenvalue weighted by Gasteiger charge is 2.53. The minimum Gasteiger partial charge on any atom is -0.350 e. The summed E-state index contributed by atoms with van der Waals surface area (Å²) in [7, 11) is -3.58. The molecule has 3 amide bonds. The number of carbonyl (C=O) groups is 2. The lowest BCUT2D eigenvalue weighted by Crippen LogP contribution is -2.67. The van der Waals surface area contributed by atoms with Crippen molar-refractivity contribution in [3.63, 3.8) is 0 Å². The number of amides is 3. The van der Waals surface area contributed by atoms with Gasteiger partial charge in [0.05, 0.1) is 5.25 Å². The van der Waals surface area contributed by atoms with E-state index in [2.05, 4.69) is 11.9 Å². The fourth-order valence-electron chi connectivity index (χ4n) is 6.09. The fourth-order valence-corrected chi connectivity index (χ4v) is 8.73. The number of nitrogens with zero attached hydrogens (tertiary/aromatic N) is 3. The van der Waals surface area contributed by atoms with Crippen LogP contribution in [-0.2, 0) is 14.8 Å². The van der Waals surface area contributed by atoms with Crippen LogP contribution in [0.3, 0.4) is 0 Å². The predicted molar refractivity (Wildman–Crippen MR) is 126 cm³/mol. The number of rotatable bonds is 4. The van der Waals surface area contributed by atoms with Crippen LogP contribution in [0.25, 0.3) is 0 Å². The summed E-state index contributed by atoms with van der Waals surface area (Å²) >= 11 is 0. The summed E-state index contributed by atoms with van der Waals surface area (Å²) < 4.78 is 29.4. The van der Waals surface area contributed by atoms with Crippen molar-refractivity contribution >= 4 is 22.0 Å². The molecule has 3 rings (SSSR count). The van der Waals surface area contributed by atoms with Crippen molar-refractivity contribution in [2.75, 3.05) is 26.2 Å². The highest BCUT2D eigenvalue weighted by Crippen LogP contribution is 2.43. The molecule has 3 fully saturated rings. The van der Waals surface area contributed by atoms with Gasteiger partial charge in [-0.1, -0.05) is 6.58 Å². The van der Waals surface area contributed by atoms with Gasteiger partial charge in [0, 0.05) is 43.3 Å². The summed E-state index contributed by atoms with van der Waals surface area (Å²) in [4.78, 5) is 28.4. The second kappa shape index (κ2) is 9.33. The molecule has 0 bridgehead atoms. The zero-order valence-corrected chi connectivity index (χ0v) is 20.9. The van der Waals surface area contributed by atoms with E-state index in [0.29, 0.717) is 38.8 Å². The molecular weight excluding hydrogens is 428 g/mol.